The van der Waals surface area contributed by atoms with Crippen molar-refractivity contribution in [3.05, 3.63) is 262 Å². The standard InChI is InChI=1S/C60H46O2/c1-61-51-35-31-43(49(39-51)41-59(45-19-7-3-8-20-45)46-21-9-4-10-22-46)33-37-57-53-27-15-17-29-55(53)58(56-30-18-16-28-54(56)57)38-34-44-32-36-52(62-2)40-50(44)42-60(47-23-11-5-12-24-47)48-25-13-6-14-26-48/h3-42H,1-2H3/b37-33-,38-34-. The van der Waals surface area contributed by atoms with E-state index >= 15 is 0 Å². The van der Waals surface area contributed by atoms with Crippen LogP contribution in [0.4, 0.5) is 0 Å². The third-order valence-electron chi connectivity index (χ3n) is 11.4. The molecule has 0 heterocycles. The molecule has 0 saturated heterocycles. The smallest absolute Gasteiger partial charge is 0.119 e. The van der Waals surface area contributed by atoms with Crippen molar-refractivity contribution in [3.63, 3.8) is 0 Å². The van der Waals surface area contributed by atoms with Gasteiger partial charge in [-0.05, 0) is 125 Å². The van der Waals surface area contributed by atoms with Crippen LogP contribution in [0.25, 0.3) is 69.1 Å². The molecule has 9 rings (SSSR count). The molecule has 0 aliphatic rings. The molecule has 0 aliphatic carbocycles. The predicted octanol–water partition coefficient (Wildman–Crippen LogP) is 15.5. The Bertz CT molecular complexity index is 2750. The van der Waals surface area contributed by atoms with Crippen molar-refractivity contribution in [2.45, 2.75) is 0 Å². The minimum absolute atomic E-state index is 0.813. The van der Waals surface area contributed by atoms with Gasteiger partial charge in [-0.3, -0.25) is 0 Å². The monoisotopic (exact) mass is 798 g/mol. The first-order valence-electron chi connectivity index (χ1n) is 21.0. The fourth-order valence-electron chi connectivity index (χ4n) is 8.26. The Morgan fingerprint density at radius 2 is 0.597 bits per heavy atom. The largest absolute Gasteiger partial charge is 0.497 e. The van der Waals surface area contributed by atoms with Crippen LogP contribution in [0.3, 0.4) is 0 Å². The molecule has 2 heteroatoms. The van der Waals surface area contributed by atoms with Gasteiger partial charge in [-0.25, -0.2) is 0 Å². The zero-order chi connectivity index (χ0) is 42.1. The SMILES string of the molecule is COc1ccc(/C=C\c2c3ccccc3c(/C=C\c3ccc(OC)cc3C=C(c3ccccc3)c3ccccc3)c3ccccc23)c(C=C(c2ccccc2)c2ccccc2)c1. The van der Waals surface area contributed by atoms with Gasteiger partial charge in [0, 0.05) is 0 Å². The van der Waals surface area contributed by atoms with Gasteiger partial charge in [-0.15, -0.1) is 0 Å². The lowest BCUT2D eigenvalue weighted by Gasteiger charge is -2.14. The molecule has 0 bridgehead atoms. The van der Waals surface area contributed by atoms with Crippen LogP contribution in [0, 0.1) is 0 Å². The second kappa shape index (κ2) is 18.5. The lowest BCUT2D eigenvalue weighted by atomic mass is 9.90. The van der Waals surface area contributed by atoms with E-state index in [0.29, 0.717) is 0 Å². The number of benzene rings is 9. The van der Waals surface area contributed by atoms with Crippen molar-refractivity contribution in [1.29, 1.82) is 0 Å². The first-order chi connectivity index (χ1) is 30.7. The molecule has 298 valence electrons. The van der Waals surface area contributed by atoms with Crippen molar-refractivity contribution >= 4 is 69.1 Å². The lowest BCUT2D eigenvalue weighted by Crippen LogP contribution is -1.92. The number of ether oxygens (including phenoxy) is 2. The highest BCUT2D eigenvalue weighted by atomic mass is 16.5. The zero-order valence-corrected chi connectivity index (χ0v) is 34.9. The summed E-state index contributed by atoms with van der Waals surface area (Å²) in [7, 11) is 3.45. The van der Waals surface area contributed by atoms with E-state index in [0.717, 1.165) is 67.2 Å². The molecule has 0 unspecified atom stereocenters. The normalized spacial score (nSPS) is 11.3. The van der Waals surface area contributed by atoms with Crippen LogP contribution in [0.5, 0.6) is 11.5 Å². The maximum atomic E-state index is 5.76. The minimum Gasteiger partial charge on any atom is -0.497 e. The molecule has 62 heavy (non-hydrogen) atoms. The number of hydrogen-bond acceptors (Lipinski definition) is 2. The molecule has 0 fully saturated rings. The molecule has 0 amide bonds. The van der Waals surface area contributed by atoms with Crippen LogP contribution in [-0.2, 0) is 0 Å². The molecule has 0 N–H and O–H groups in total. The van der Waals surface area contributed by atoms with Crippen molar-refractivity contribution < 1.29 is 9.47 Å². The molecule has 0 aromatic heterocycles. The van der Waals surface area contributed by atoms with E-state index in [4.69, 9.17) is 9.47 Å². The molecule has 0 aliphatic heterocycles. The van der Waals surface area contributed by atoms with Crippen LogP contribution < -0.4 is 9.47 Å². The van der Waals surface area contributed by atoms with E-state index in [1.54, 1.807) is 14.2 Å². The van der Waals surface area contributed by atoms with E-state index in [9.17, 15) is 0 Å². The van der Waals surface area contributed by atoms with E-state index in [1.165, 1.54) is 32.7 Å². The molecular weight excluding hydrogens is 753 g/mol. The number of fused-ring (bicyclic) bond motifs is 2. The molecule has 0 radical (unpaired) electrons. The molecular formula is C60H46O2. The van der Waals surface area contributed by atoms with Gasteiger partial charge < -0.3 is 9.47 Å². The maximum Gasteiger partial charge on any atom is 0.119 e. The van der Waals surface area contributed by atoms with Gasteiger partial charge in [0.2, 0.25) is 0 Å². The second-order valence-electron chi connectivity index (χ2n) is 15.2. The van der Waals surface area contributed by atoms with Crippen LogP contribution in [0.1, 0.15) is 55.6 Å². The van der Waals surface area contributed by atoms with Gasteiger partial charge >= 0.3 is 0 Å². The topological polar surface area (TPSA) is 18.5 Å². The van der Waals surface area contributed by atoms with Crippen LogP contribution >= 0.6 is 0 Å². The van der Waals surface area contributed by atoms with Crippen LogP contribution in [0.15, 0.2) is 206 Å². The Morgan fingerprint density at radius 1 is 0.306 bits per heavy atom. The minimum atomic E-state index is 0.813. The average molecular weight is 799 g/mol. The number of hydrogen-bond donors (Lipinski definition) is 0. The Balaban J connectivity index is 1.16. The number of methoxy groups -OCH3 is 2. The molecule has 2 nitrogen and oxygen atoms in total. The maximum absolute atomic E-state index is 5.76. The van der Waals surface area contributed by atoms with Crippen molar-refractivity contribution in [2.75, 3.05) is 14.2 Å². The Labute approximate surface area is 364 Å². The van der Waals surface area contributed by atoms with Gasteiger partial charge in [0.1, 0.15) is 11.5 Å². The second-order valence-corrected chi connectivity index (χ2v) is 15.2. The Morgan fingerprint density at radius 3 is 0.887 bits per heavy atom. The van der Waals surface area contributed by atoms with Gasteiger partial charge in [-0.2, -0.15) is 0 Å². The van der Waals surface area contributed by atoms with Crippen LogP contribution in [0.2, 0.25) is 0 Å². The average Bonchev–Trinajstić information content (AvgIpc) is 3.35. The van der Waals surface area contributed by atoms with E-state index in [-0.39, 0.29) is 0 Å². The fraction of sp³-hybridized carbons (Fsp3) is 0.0333. The first-order valence-corrected chi connectivity index (χ1v) is 21.0. The third-order valence-corrected chi connectivity index (χ3v) is 11.4. The van der Waals surface area contributed by atoms with E-state index in [1.807, 2.05) is 12.1 Å². The highest BCUT2D eigenvalue weighted by Gasteiger charge is 2.13. The third kappa shape index (κ3) is 8.54. The summed E-state index contributed by atoms with van der Waals surface area (Å²) in [6.45, 7) is 0. The zero-order valence-electron chi connectivity index (χ0n) is 34.9. The first kappa shape index (κ1) is 39.5. The van der Waals surface area contributed by atoms with Crippen molar-refractivity contribution in [3.8, 4) is 11.5 Å². The van der Waals surface area contributed by atoms with Gasteiger partial charge in [0.15, 0.2) is 0 Å². The summed E-state index contributed by atoms with van der Waals surface area (Å²) in [6.07, 6.45) is 13.6. The predicted molar refractivity (Wildman–Crippen MR) is 265 cm³/mol. The van der Waals surface area contributed by atoms with E-state index < -0.39 is 0 Å². The summed E-state index contributed by atoms with van der Waals surface area (Å²) in [5.74, 6) is 1.63. The highest BCUT2D eigenvalue weighted by molar-refractivity contribution is 6.14. The quantitative estimate of drug-likeness (QED) is 0.0905. The summed E-state index contributed by atoms with van der Waals surface area (Å²) < 4.78 is 11.5. The summed E-state index contributed by atoms with van der Waals surface area (Å²) in [6, 6.07) is 72.5. The van der Waals surface area contributed by atoms with Crippen molar-refractivity contribution in [1.82, 2.24) is 0 Å². The van der Waals surface area contributed by atoms with Gasteiger partial charge in [-0.1, -0.05) is 206 Å². The molecule has 0 saturated carbocycles. The Kier molecular flexibility index (Phi) is 11.8. The summed E-state index contributed by atoms with van der Waals surface area (Å²) in [4.78, 5) is 0. The molecule has 0 spiro atoms. The Hall–Kier alpha value is -7.94. The molecule has 9 aromatic carbocycles. The summed E-state index contributed by atoms with van der Waals surface area (Å²) in [5, 5.41) is 4.75. The van der Waals surface area contributed by atoms with E-state index in [2.05, 4.69) is 231 Å². The molecule has 9 aromatic rings. The fourth-order valence-corrected chi connectivity index (χ4v) is 8.26. The highest BCUT2D eigenvalue weighted by Crippen LogP contribution is 2.37. The van der Waals surface area contributed by atoms with Crippen LogP contribution in [-0.4, -0.2) is 14.2 Å². The lowest BCUT2D eigenvalue weighted by molar-refractivity contribution is 0.414. The summed E-state index contributed by atoms with van der Waals surface area (Å²) in [5.41, 5.74) is 13.6. The van der Waals surface area contributed by atoms with Gasteiger partial charge in [0.25, 0.3) is 0 Å². The molecule has 0 atom stereocenters. The van der Waals surface area contributed by atoms with Gasteiger partial charge in [0.05, 0.1) is 14.2 Å². The number of rotatable bonds is 12. The van der Waals surface area contributed by atoms with Crippen molar-refractivity contribution in [2.24, 2.45) is 0 Å². The summed E-state index contributed by atoms with van der Waals surface area (Å²) >= 11 is 0.